The van der Waals surface area contributed by atoms with E-state index in [4.69, 9.17) is 10.5 Å². The van der Waals surface area contributed by atoms with E-state index in [1.54, 1.807) is 0 Å². The fourth-order valence-corrected chi connectivity index (χ4v) is 2.01. The van der Waals surface area contributed by atoms with Crippen LogP contribution in [0.5, 0.6) is 5.75 Å². The van der Waals surface area contributed by atoms with Crippen molar-refractivity contribution < 1.29 is 4.74 Å². The van der Waals surface area contributed by atoms with Crippen molar-refractivity contribution in [2.45, 2.75) is 13.0 Å². The third kappa shape index (κ3) is 4.90. The molecule has 1 aromatic carbocycles. The zero-order chi connectivity index (χ0) is 14.2. The summed E-state index contributed by atoms with van der Waals surface area (Å²) in [6.07, 6.45) is 4.63. The number of pyridine rings is 1. The number of hydrogen-bond donors (Lipinski definition) is 1. The summed E-state index contributed by atoms with van der Waals surface area (Å²) < 4.78 is 5.67. The molecule has 106 valence electrons. The van der Waals surface area contributed by atoms with Gasteiger partial charge in [0.1, 0.15) is 5.75 Å². The van der Waals surface area contributed by atoms with Crippen LogP contribution < -0.4 is 10.5 Å². The summed E-state index contributed by atoms with van der Waals surface area (Å²) in [5, 5.41) is 0. The third-order valence-corrected chi connectivity index (χ3v) is 3.01. The molecule has 2 aromatic rings. The first-order valence-corrected chi connectivity index (χ1v) is 6.80. The molecular formula is C16H21N3O. The molecule has 4 nitrogen and oxygen atoms in total. The van der Waals surface area contributed by atoms with Crippen LogP contribution in [-0.2, 0) is 6.54 Å². The van der Waals surface area contributed by atoms with Crippen LogP contribution in [0.1, 0.15) is 12.0 Å². The van der Waals surface area contributed by atoms with Crippen LogP contribution in [-0.4, -0.2) is 30.1 Å². The molecule has 0 aliphatic carbocycles. The number of anilines is 1. The Morgan fingerprint density at radius 1 is 1.20 bits per heavy atom. The standard InChI is InChI=1S/C16H21N3O/c1-19(13-14-6-8-18-9-7-14)10-3-11-20-16-5-2-4-15(17)12-16/h2,4-9,12H,3,10-11,13,17H2,1H3. The van der Waals surface area contributed by atoms with Gasteiger partial charge in [0.05, 0.1) is 6.61 Å². The lowest BCUT2D eigenvalue weighted by Gasteiger charge is -2.16. The lowest BCUT2D eigenvalue weighted by Crippen LogP contribution is -2.20. The average Bonchev–Trinajstić information content (AvgIpc) is 2.45. The van der Waals surface area contributed by atoms with Crippen LogP contribution in [0.25, 0.3) is 0 Å². The maximum atomic E-state index is 5.70. The molecule has 2 rings (SSSR count). The zero-order valence-electron chi connectivity index (χ0n) is 11.8. The number of nitrogens with zero attached hydrogens (tertiary/aromatic N) is 2. The minimum Gasteiger partial charge on any atom is -0.493 e. The summed E-state index contributed by atoms with van der Waals surface area (Å²) in [6, 6.07) is 11.6. The number of nitrogens with two attached hydrogens (primary N) is 1. The molecule has 0 fully saturated rings. The molecule has 2 N–H and O–H groups in total. The number of rotatable bonds is 7. The van der Waals surface area contributed by atoms with Crippen LogP contribution in [0.4, 0.5) is 5.69 Å². The molecule has 1 heterocycles. The second kappa shape index (κ2) is 7.50. The van der Waals surface area contributed by atoms with E-state index in [-0.39, 0.29) is 0 Å². The Kier molecular flexibility index (Phi) is 5.38. The Bertz CT molecular complexity index is 516. The van der Waals surface area contributed by atoms with Crippen LogP contribution in [0.3, 0.4) is 0 Å². The van der Waals surface area contributed by atoms with E-state index in [0.29, 0.717) is 6.61 Å². The van der Waals surface area contributed by atoms with Gasteiger partial charge in [0, 0.05) is 37.2 Å². The first-order chi connectivity index (χ1) is 9.74. The van der Waals surface area contributed by atoms with Crippen molar-refractivity contribution >= 4 is 5.69 Å². The molecule has 0 radical (unpaired) electrons. The molecule has 0 bridgehead atoms. The summed E-state index contributed by atoms with van der Waals surface area (Å²) >= 11 is 0. The minimum absolute atomic E-state index is 0.699. The maximum absolute atomic E-state index is 5.70. The molecule has 0 atom stereocenters. The van der Waals surface area contributed by atoms with E-state index < -0.39 is 0 Å². The summed E-state index contributed by atoms with van der Waals surface area (Å²) in [4.78, 5) is 6.30. The molecule has 0 saturated heterocycles. The Balaban J connectivity index is 1.66. The molecule has 4 heteroatoms. The van der Waals surface area contributed by atoms with Crippen molar-refractivity contribution in [3.8, 4) is 5.75 Å². The monoisotopic (exact) mass is 271 g/mol. The van der Waals surface area contributed by atoms with E-state index >= 15 is 0 Å². The van der Waals surface area contributed by atoms with Gasteiger partial charge in [-0.2, -0.15) is 0 Å². The summed E-state index contributed by atoms with van der Waals surface area (Å²) in [7, 11) is 2.11. The van der Waals surface area contributed by atoms with Crippen molar-refractivity contribution in [1.82, 2.24) is 9.88 Å². The lowest BCUT2D eigenvalue weighted by molar-refractivity contribution is 0.259. The Morgan fingerprint density at radius 2 is 2.00 bits per heavy atom. The lowest BCUT2D eigenvalue weighted by atomic mass is 10.2. The van der Waals surface area contributed by atoms with Crippen LogP contribution >= 0.6 is 0 Å². The van der Waals surface area contributed by atoms with Crippen LogP contribution in [0, 0.1) is 0 Å². The van der Waals surface area contributed by atoms with Crippen molar-refractivity contribution in [3.05, 3.63) is 54.4 Å². The molecule has 0 amide bonds. The van der Waals surface area contributed by atoms with Gasteiger partial charge in [0.25, 0.3) is 0 Å². The third-order valence-electron chi connectivity index (χ3n) is 3.01. The predicted octanol–water partition coefficient (Wildman–Crippen LogP) is 2.56. The van der Waals surface area contributed by atoms with Gasteiger partial charge >= 0.3 is 0 Å². The van der Waals surface area contributed by atoms with Crippen LogP contribution in [0.15, 0.2) is 48.8 Å². The Morgan fingerprint density at radius 3 is 2.75 bits per heavy atom. The smallest absolute Gasteiger partial charge is 0.121 e. The summed E-state index contributed by atoms with van der Waals surface area (Å²) in [6.45, 7) is 2.62. The van der Waals surface area contributed by atoms with Crippen LogP contribution in [0.2, 0.25) is 0 Å². The normalized spacial score (nSPS) is 10.7. The molecule has 0 spiro atoms. The van der Waals surface area contributed by atoms with E-state index in [1.807, 2.05) is 48.8 Å². The predicted molar refractivity (Wildman–Crippen MR) is 81.5 cm³/mol. The first kappa shape index (κ1) is 14.3. The topological polar surface area (TPSA) is 51.4 Å². The van der Waals surface area contributed by atoms with Gasteiger partial charge in [-0.1, -0.05) is 6.07 Å². The highest BCUT2D eigenvalue weighted by Gasteiger charge is 2.00. The Labute approximate surface area is 120 Å². The number of hydrogen-bond acceptors (Lipinski definition) is 4. The largest absolute Gasteiger partial charge is 0.493 e. The number of aromatic nitrogens is 1. The number of nitrogen functional groups attached to an aromatic ring is 1. The fraction of sp³-hybridized carbons (Fsp3) is 0.312. The van der Waals surface area contributed by atoms with Gasteiger partial charge in [0.2, 0.25) is 0 Å². The van der Waals surface area contributed by atoms with Gasteiger partial charge in [-0.15, -0.1) is 0 Å². The molecule has 0 saturated carbocycles. The van der Waals surface area contributed by atoms with Crippen molar-refractivity contribution in [3.63, 3.8) is 0 Å². The summed E-state index contributed by atoms with van der Waals surface area (Å²) in [5.41, 5.74) is 7.71. The zero-order valence-corrected chi connectivity index (χ0v) is 11.8. The Hall–Kier alpha value is -2.07. The van der Waals surface area contributed by atoms with Gasteiger partial charge in [-0.05, 0) is 43.3 Å². The highest BCUT2D eigenvalue weighted by atomic mass is 16.5. The quantitative estimate of drug-likeness (QED) is 0.621. The molecule has 0 unspecified atom stereocenters. The van der Waals surface area contributed by atoms with Crippen molar-refractivity contribution in [2.24, 2.45) is 0 Å². The second-order valence-corrected chi connectivity index (χ2v) is 4.87. The van der Waals surface area contributed by atoms with Gasteiger partial charge in [-0.3, -0.25) is 4.98 Å². The number of benzene rings is 1. The molecule has 0 aliphatic rings. The average molecular weight is 271 g/mol. The van der Waals surface area contributed by atoms with Gasteiger partial charge in [0.15, 0.2) is 0 Å². The first-order valence-electron chi connectivity index (χ1n) is 6.80. The molecular weight excluding hydrogens is 250 g/mol. The highest BCUT2D eigenvalue weighted by molar-refractivity contribution is 5.43. The summed E-state index contributed by atoms with van der Waals surface area (Å²) in [5.74, 6) is 0.835. The fourth-order valence-electron chi connectivity index (χ4n) is 2.01. The van der Waals surface area contributed by atoms with Crippen molar-refractivity contribution in [2.75, 3.05) is 25.9 Å². The SMILES string of the molecule is CN(CCCOc1cccc(N)c1)Cc1ccncc1. The van der Waals surface area contributed by atoms with Gasteiger partial charge < -0.3 is 15.4 Å². The molecule has 20 heavy (non-hydrogen) atoms. The van der Waals surface area contributed by atoms with E-state index in [9.17, 15) is 0 Å². The van der Waals surface area contributed by atoms with Gasteiger partial charge in [-0.25, -0.2) is 0 Å². The minimum atomic E-state index is 0.699. The molecule has 1 aromatic heterocycles. The number of ether oxygens (including phenoxy) is 1. The van der Waals surface area contributed by atoms with E-state index in [1.165, 1.54) is 5.56 Å². The maximum Gasteiger partial charge on any atom is 0.121 e. The van der Waals surface area contributed by atoms with Crippen molar-refractivity contribution in [1.29, 1.82) is 0 Å². The molecule has 0 aliphatic heterocycles. The second-order valence-electron chi connectivity index (χ2n) is 4.87. The van der Waals surface area contributed by atoms with E-state index in [0.717, 1.165) is 30.9 Å². The van der Waals surface area contributed by atoms with E-state index in [2.05, 4.69) is 16.9 Å². The highest BCUT2D eigenvalue weighted by Crippen LogP contribution is 2.14.